The van der Waals surface area contributed by atoms with Gasteiger partial charge in [0.05, 0.1) is 5.60 Å². The molecule has 2 rings (SSSR count). The normalized spacial score (nSPS) is 29.1. The molecule has 1 saturated carbocycles. The van der Waals surface area contributed by atoms with E-state index in [0.29, 0.717) is 24.7 Å². The van der Waals surface area contributed by atoms with Crippen LogP contribution < -0.4 is 5.32 Å². The Labute approximate surface area is 105 Å². The highest BCUT2D eigenvalue weighted by Crippen LogP contribution is 2.35. The smallest absolute Gasteiger partial charge is 0.0815 e. The molecule has 100 valence electrons. The van der Waals surface area contributed by atoms with E-state index in [9.17, 15) is 5.11 Å². The Morgan fingerprint density at radius 3 is 2.29 bits per heavy atom. The second-order valence-electron chi connectivity index (χ2n) is 6.66. The zero-order chi connectivity index (χ0) is 12.4. The van der Waals surface area contributed by atoms with Crippen molar-refractivity contribution in [2.45, 2.75) is 64.0 Å². The number of hydrogen-bond acceptors (Lipinski definition) is 3. The summed E-state index contributed by atoms with van der Waals surface area (Å²) in [5.41, 5.74) is -0.00102. The second-order valence-corrected chi connectivity index (χ2v) is 6.66. The van der Waals surface area contributed by atoms with Crippen molar-refractivity contribution < 1.29 is 9.84 Å². The third-order valence-corrected chi connectivity index (χ3v) is 4.48. The first-order valence-corrected chi connectivity index (χ1v) is 7.03. The van der Waals surface area contributed by atoms with Gasteiger partial charge in [-0.3, -0.25) is 0 Å². The zero-order valence-corrected chi connectivity index (χ0v) is 11.3. The molecule has 0 aromatic carbocycles. The lowest BCUT2D eigenvalue weighted by Gasteiger charge is -2.38. The Hall–Kier alpha value is -0.120. The van der Waals surface area contributed by atoms with Crippen molar-refractivity contribution in [1.29, 1.82) is 0 Å². The molecule has 1 heterocycles. The van der Waals surface area contributed by atoms with Gasteiger partial charge in [-0.1, -0.05) is 13.8 Å². The summed E-state index contributed by atoms with van der Waals surface area (Å²) in [6, 6.07) is 0.606. The largest absolute Gasteiger partial charge is 0.388 e. The van der Waals surface area contributed by atoms with Gasteiger partial charge in [-0.15, -0.1) is 0 Å². The predicted octanol–water partition coefficient (Wildman–Crippen LogP) is 2.09. The van der Waals surface area contributed by atoms with Gasteiger partial charge in [-0.2, -0.15) is 0 Å². The van der Waals surface area contributed by atoms with Gasteiger partial charge >= 0.3 is 0 Å². The summed E-state index contributed by atoms with van der Waals surface area (Å²) in [6.07, 6.45) is 6.65. The van der Waals surface area contributed by atoms with Crippen molar-refractivity contribution in [3.05, 3.63) is 0 Å². The average Bonchev–Trinajstić information content (AvgIpc) is 2.29. The highest BCUT2D eigenvalue weighted by atomic mass is 16.5. The van der Waals surface area contributed by atoms with Crippen molar-refractivity contribution in [3.63, 3.8) is 0 Å². The molecule has 3 nitrogen and oxygen atoms in total. The van der Waals surface area contributed by atoms with E-state index in [-0.39, 0.29) is 0 Å². The summed E-state index contributed by atoms with van der Waals surface area (Å²) in [6.45, 7) is 6.86. The van der Waals surface area contributed by atoms with Crippen molar-refractivity contribution in [1.82, 2.24) is 5.32 Å². The fourth-order valence-corrected chi connectivity index (χ4v) is 2.87. The molecule has 0 amide bonds. The monoisotopic (exact) mass is 241 g/mol. The fourth-order valence-electron chi connectivity index (χ4n) is 2.87. The standard InChI is InChI=1S/C14H27NO2/c1-13(2)5-3-12(4-6-13)15-11-14(16)7-9-17-10-8-14/h12,15-16H,3-11H2,1-2H3. The van der Waals surface area contributed by atoms with Crippen molar-refractivity contribution in [3.8, 4) is 0 Å². The van der Waals surface area contributed by atoms with Crippen LogP contribution in [0.15, 0.2) is 0 Å². The van der Waals surface area contributed by atoms with Crippen LogP contribution in [0.3, 0.4) is 0 Å². The molecule has 1 aliphatic heterocycles. The van der Waals surface area contributed by atoms with E-state index in [4.69, 9.17) is 4.74 Å². The molecule has 3 heteroatoms. The Kier molecular flexibility index (Phi) is 4.11. The van der Waals surface area contributed by atoms with E-state index >= 15 is 0 Å². The molecule has 0 radical (unpaired) electrons. The van der Waals surface area contributed by atoms with Crippen LogP contribution in [0.2, 0.25) is 0 Å². The van der Waals surface area contributed by atoms with Gasteiger partial charge in [0, 0.05) is 38.6 Å². The van der Waals surface area contributed by atoms with Crippen LogP contribution in [-0.4, -0.2) is 36.5 Å². The summed E-state index contributed by atoms with van der Waals surface area (Å²) in [4.78, 5) is 0. The number of hydrogen-bond donors (Lipinski definition) is 2. The highest BCUT2D eigenvalue weighted by Gasteiger charge is 2.32. The average molecular weight is 241 g/mol. The Bertz CT molecular complexity index is 237. The second kappa shape index (κ2) is 5.25. The summed E-state index contributed by atoms with van der Waals surface area (Å²) in [7, 11) is 0. The summed E-state index contributed by atoms with van der Waals surface area (Å²) >= 11 is 0. The van der Waals surface area contributed by atoms with Crippen molar-refractivity contribution >= 4 is 0 Å². The van der Waals surface area contributed by atoms with E-state index < -0.39 is 5.60 Å². The van der Waals surface area contributed by atoms with Crippen LogP contribution >= 0.6 is 0 Å². The first-order chi connectivity index (χ1) is 7.99. The maximum Gasteiger partial charge on any atom is 0.0815 e. The third-order valence-electron chi connectivity index (χ3n) is 4.48. The molecule has 2 aliphatic rings. The van der Waals surface area contributed by atoms with Gasteiger partial charge in [0.1, 0.15) is 0 Å². The van der Waals surface area contributed by atoms with Crippen molar-refractivity contribution in [2.24, 2.45) is 5.41 Å². The van der Waals surface area contributed by atoms with Crippen LogP contribution in [0.5, 0.6) is 0 Å². The minimum atomic E-state index is -0.523. The van der Waals surface area contributed by atoms with Gasteiger partial charge in [0.15, 0.2) is 0 Å². The van der Waals surface area contributed by atoms with Gasteiger partial charge in [-0.25, -0.2) is 0 Å². The molecule has 2 fully saturated rings. The van der Waals surface area contributed by atoms with E-state index in [0.717, 1.165) is 19.4 Å². The topological polar surface area (TPSA) is 41.5 Å². The van der Waals surface area contributed by atoms with E-state index in [1.54, 1.807) is 0 Å². The number of nitrogens with one attached hydrogen (secondary N) is 1. The molecule has 0 spiro atoms. The molecular weight excluding hydrogens is 214 g/mol. The Balaban J connectivity index is 1.71. The van der Waals surface area contributed by atoms with Gasteiger partial charge in [0.2, 0.25) is 0 Å². The molecule has 0 unspecified atom stereocenters. The minimum absolute atomic E-state index is 0.522. The first kappa shape index (κ1) is 13.3. The molecule has 0 bridgehead atoms. The number of aliphatic hydroxyl groups is 1. The minimum Gasteiger partial charge on any atom is -0.388 e. The Morgan fingerprint density at radius 2 is 1.71 bits per heavy atom. The van der Waals surface area contributed by atoms with Crippen LogP contribution in [0, 0.1) is 5.41 Å². The molecule has 17 heavy (non-hydrogen) atoms. The predicted molar refractivity (Wildman–Crippen MR) is 69.0 cm³/mol. The van der Waals surface area contributed by atoms with E-state index in [2.05, 4.69) is 19.2 Å². The number of ether oxygens (including phenoxy) is 1. The summed E-state index contributed by atoms with van der Waals surface area (Å²) in [5.74, 6) is 0. The summed E-state index contributed by atoms with van der Waals surface area (Å²) < 4.78 is 5.30. The van der Waals surface area contributed by atoms with Crippen molar-refractivity contribution in [2.75, 3.05) is 19.8 Å². The molecule has 1 aliphatic carbocycles. The lowest BCUT2D eigenvalue weighted by Crippen LogP contribution is -2.48. The third kappa shape index (κ3) is 3.94. The molecule has 1 saturated heterocycles. The lowest BCUT2D eigenvalue weighted by atomic mass is 9.75. The van der Waals surface area contributed by atoms with Gasteiger partial charge in [0.25, 0.3) is 0 Å². The zero-order valence-electron chi connectivity index (χ0n) is 11.3. The maximum absolute atomic E-state index is 10.4. The molecule has 2 N–H and O–H groups in total. The summed E-state index contributed by atoms with van der Waals surface area (Å²) in [5, 5.41) is 13.9. The van der Waals surface area contributed by atoms with Crippen LogP contribution in [0.1, 0.15) is 52.4 Å². The highest BCUT2D eigenvalue weighted by molar-refractivity contribution is 4.87. The van der Waals surface area contributed by atoms with E-state index in [1.165, 1.54) is 25.7 Å². The van der Waals surface area contributed by atoms with E-state index in [1.807, 2.05) is 0 Å². The quantitative estimate of drug-likeness (QED) is 0.795. The maximum atomic E-state index is 10.4. The van der Waals surface area contributed by atoms with Gasteiger partial charge in [-0.05, 0) is 31.1 Å². The number of rotatable bonds is 3. The van der Waals surface area contributed by atoms with Crippen LogP contribution in [0.25, 0.3) is 0 Å². The first-order valence-electron chi connectivity index (χ1n) is 7.03. The lowest BCUT2D eigenvalue weighted by molar-refractivity contribution is -0.0635. The fraction of sp³-hybridized carbons (Fsp3) is 1.00. The Morgan fingerprint density at radius 1 is 1.12 bits per heavy atom. The van der Waals surface area contributed by atoms with Crippen LogP contribution in [-0.2, 0) is 4.74 Å². The molecule has 0 aromatic heterocycles. The molecule has 0 atom stereocenters. The molecule has 0 aromatic rings. The van der Waals surface area contributed by atoms with Crippen LogP contribution in [0.4, 0.5) is 0 Å². The van der Waals surface area contributed by atoms with Gasteiger partial charge < -0.3 is 15.2 Å². The molecular formula is C14H27NO2. The SMILES string of the molecule is CC1(C)CCC(NCC2(O)CCOCC2)CC1.